The molecule has 0 heterocycles. The molecule has 0 fully saturated rings. The largest absolute Gasteiger partial charge is 0.463 e. The quantitative estimate of drug-likeness (QED) is 0.118. The highest BCUT2D eigenvalue weighted by Gasteiger charge is 2.33. The first-order valence-electron chi connectivity index (χ1n) is 12.3. The van der Waals surface area contributed by atoms with E-state index in [0.29, 0.717) is 6.42 Å². The number of aliphatic hydroxyl groups excluding tert-OH is 4. The number of hydrogen-bond donors (Lipinski definition) is 4. The van der Waals surface area contributed by atoms with Crippen LogP contribution in [0.3, 0.4) is 0 Å². The fourth-order valence-electron chi connectivity index (χ4n) is 3.34. The summed E-state index contributed by atoms with van der Waals surface area (Å²) < 4.78 is 4.90. The molecule has 0 aromatic heterocycles. The summed E-state index contributed by atoms with van der Waals surface area (Å²) in [5.41, 5.74) is 0. The first kappa shape index (κ1) is 30.7. The summed E-state index contributed by atoms with van der Waals surface area (Å²) >= 11 is 0. The van der Waals surface area contributed by atoms with Gasteiger partial charge in [-0.3, -0.25) is 9.59 Å². The molecule has 4 atom stereocenters. The molecule has 32 heavy (non-hydrogen) atoms. The van der Waals surface area contributed by atoms with Gasteiger partial charge >= 0.3 is 5.97 Å². The Morgan fingerprint density at radius 1 is 0.750 bits per heavy atom. The van der Waals surface area contributed by atoms with Crippen molar-refractivity contribution >= 4 is 11.8 Å². The van der Waals surface area contributed by atoms with Crippen LogP contribution >= 0.6 is 0 Å². The highest BCUT2D eigenvalue weighted by molar-refractivity contribution is 5.80. The van der Waals surface area contributed by atoms with Gasteiger partial charge in [-0.25, -0.2) is 0 Å². The average molecular weight is 459 g/mol. The molecule has 0 saturated heterocycles. The normalized spacial score (nSPS) is 15.4. The van der Waals surface area contributed by atoms with Crippen molar-refractivity contribution in [3.63, 3.8) is 0 Å². The van der Waals surface area contributed by atoms with Crippen LogP contribution in [-0.4, -0.2) is 63.2 Å². The zero-order valence-corrected chi connectivity index (χ0v) is 20.1. The first-order valence-corrected chi connectivity index (χ1v) is 12.3. The number of rotatable bonds is 21. The summed E-state index contributed by atoms with van der Waals surface area (Å²) in [7, 11) is 0. The van der Waals surface area contributed by atoms with Crippen LogP contribution < -0.4 is 0 Å². The SMILES string of the molecule is CCCCCCCCC=CCCCCCCCC(=O)OC[C@@H](O)[C@@H](O)[C@H](O)[C@@H](O)C(C)=O. The number of ether oxygens (including phenoxy) is 1. The van der Waals surface area contributed by atoms with Gasteiger partial charge < -0.3 is 25.2 Å². The van der Waals surface area contributed by atoms with Crippen molar-refractivity contribution in [3.05, 3.63) is 12.2 Å². The third kappa shape index (κ3) is 16.4. The summed E-state index contributed by atoms with van der Waals surface area (Å²) in [4.78, 5) is 22.7. The lowest BCUT2D eigenvalue weighted by Crippen LogP contribution is -2.48. The number of ketones is 1. The van der Waals surface area contributed by atoms with Gasteiger partial charge in [-0.15, -0.1) is 0 Å². The number of aliphatic hydroxyl groups is 4. The van der Waals surface area contributed by atoms with Crippen LogP contribution in [0.4, 0.5) is 0 Å². The second kappa shape index (κ2) is 20.3. The molecule has 0 aliphatic rings. The molecule has 0 aromatic rings. The maximum Gasteiger partial charge on any atom is 0.305 e. The first-order chi connectivity index (χ1) is 15.3. The van der Waals surface area contributed by atoms with Gasteiger partial charge in [0.1, 0.15) is 31.0 Å². The molecule has 4 N–H and O–H groups in total. The van der Waals surface area contributed by atoms with Gasteiger partial charge in [0.2, 0.25) is 0 Å². The van der Waals surface area contributed by atoms with Gasteiger partial charge in [-0.2, -0.15) is 0 Å². The molecule has 0 bridgehead atoms. The van der Waals surface area contributed by atoms with Gasteiger partial charge in [0.05, 0.1) is 0 Å². The number of esters is 1. The standard InChI is InChI=1S/C25H46O7/c1-3-4-5-6-7-8-9-10-11-12-13-14-15-16-17-18-22(28)32-19-21(27)24(30)25(31)23(29)20(2)26/h10-11,21,23-25,27,29-31H,3-9,12-19H2,1-2H3/t21-,23+,24-,25-/m1/s1. The van der Waals surface area contributed by atoms with E-state index >= 15 is 0 Å². The van der Waals surface area contributed by atoms with E-state index in [9.17, 15) is 30.0 Å². The second-order valence-corrected chi connectivity index (χ2v) is 8.62. The predicted molar refractivity (Wildman–Crippen MR) is 125 cm³/mol. The Labute approximate surface area is 193 Å². The molecule has 188 valence electrons. The monoisotopic (exact) mass is 458 g/mol. The summed E-state index contributed by atoms with van der Waals surface area (Å²) in [5.74, 6) is -1.22. The van der Waals surface area contributed by atoms with Gasteiger partial charge in [0.15, 0.2) is 5.78 Å². The van der Waals surface area contributed by atoms with Crippen LogP contribution in [0.15, 0.2) is 12.2 Å². The Morgan fingerprint density at radius 3 is 1.78 bits per heavy atom. The molecule has 0 spiro atoms. The number of unbranched alkanes of at least 4 members (excludes halogenated alkanes) is 11. The second-order valence-electron chi connectivity index (χ2n) is 8.62. The van der Waals surface area contributed by atoms with Crippen molar-refractivity contribution in [2.45, 2.75) is 128 Å². The molecule has 0 rings (SSSR count). The molecule has 0 aliphatic heterocycles. The van der Waals surface area contributed by atoms with E-state index in [-0.39, 0.29) is 6.42 Å². The van der Waals surface area contributed by atoms with Gasteiger partial charge in [-0.1, -0.05) is 70.4 Å². The minimum Gasteiger partial charge on any atom is -0.463 e. The van der Waals surface area contributed by atoms with Crippen molar-refractivity contribution in [2.75, 3.05) is 6.61 Å². The lowest BCUT2D eigenvalue weighted by Gasteiger charge is -2.25. The van der Waals surface area contributed by atoms with Crippen LogP contribution in [0, 0.1) is 0 Å². The molecular formula is C25H46O7. The van der Waals surface area contributed by atoms with Gasteiger partial charge in [0.25, 0.3) is 0 Å². The van der Waals surface area contributed by atoms with Crippen molar-refractivity contribution in [3.8, 4) is 0 Å². The van der Waals surface area contributed by atoms with Gasteiger partial charge in [-0.05, 0) is 39.0 Å². The Hall–Kier alpha value is -1.28. The Kier molecular flexibility index (Phi) is 19.5. The Morgan fingerprint density at radius 2 is 1.25 bits per heavy atom. The molecule has 7 heteroatoms. The molecular weight excluding hydrogens is 412 g/mol. The van der Waals surface area contributed by atoms with Crippen LogP contribution in [0.5, 0.6) is 0 Å². The fourth-order valence-corrected chi connectivity index (χ4v) is 3.34. The number of carbonyl (C=O) groups is 2. The van der Waals surface area contributed by atoms with Crippen LogP contribution in [0.1, 0.15) is 104 Å². The highest BCUT2D eigenvalue weighted by Crippen LogP contribution is 2.11. The molecule has 0 radical (unpaired) electrons. The third-order valence-corrected chi connectivity index (χ3v) is 5.54. The van der Waals surface area contributed by atoms with Crippen LogP contribution in [0.2, 0.25) is 0 Å². The predicted octanol–water partition coefficient (Wildman–Crippen LogP) is 3.60. The van der Waals surface area contributed by atoms with E-state index in [2.05, 4.69) is 19.1 Å². The lowest BCUT2D eigenvalue weighted by atomic mass is 10.0. The summed E-state index contributed by atoms with van der Waals surface area (Å²) in [5, 5.41) is 38.5. The molecule has 0 aliphatic carbocycles. The Balaban J connectivity index is 3.62. The lowest BCUT2D eigenvalue weighted by molar-refractivity contribution is -0.158. The van der Waals surface area contributed by atoms with E-state index in [1.165, 1.54) is 44.9 Å². The fraction of sp³-hybridized carbons (Fsp3) is 0.840. The van der Waals surface area contributed by atoms with Crippen LogP contribution in [-0.2, 0) is 14.3 Å². The molecule has 0 amide bonds. The summed E-state index contributed by atoms with van der Waals surface area (Å²) in [6, 6.07) is 0. The van der Waals surface area contributed by atoms with Crippen molar-refractivity contribution in [1.82, 2.24) is 0 Å². The van der Waals surface area contributed by atoms with Crippen molar-refractivity contribution < 1.29 is 34.8 Å². The smallest absolute Gasteiger partial charge is 0.305 e. The maximum absolute atomic E-state index is 11.7. The van der Waals surface area contributed by atoms with Gasteiger partial charge in [0, 0.05) is 6.42 Å². The number of carbonyl (C=O) groups excluding carboxylic acids is 2. The number of Topliss-reactive ketones (excluding diaryl/α,β-unsaturated/α-hetero) is 1. The summed E-state index contributed by atoms with van der Waals surface area (Å²) in [6.45, 7) is 2.79. The van der Waals surface area contributed by atoms with Crippen LogP contribution in [0.25, 0.3) is 0 Å². The molecule has 0 aromatic carbocycles. The van der Waals surface area contributed by atoms with E-state index in [1.54, 1.807) is 0 Å². The molecule has 7 nitrogen and oxygen atoms in total. The highest BCUT2D eigenvalue weighted by atomic mass is 16.5. The van der Waals surface area contributed by atoms with Crippen molar-refractivity contribution in [2.24, 2.45) is 0 Å². The van der Waals surface area contributed by atoms with E-state index < -0.39 is 42.8 Å². The Bertz CT molecular complexity index is 507. The number of allylic oxidation sites excluding steroid dienone is 2. The third-order valence-electron chi connectivity index (χ3n) is 5.54. The zero-order chi connectivity index (χ0) is 24.2. The van der Waals surface area contributed by atoms with E-state index in [4.69, 9.17) is 4.74 Å². The minimum atomic E-state index is -1.84. The molecule has 0 saturated carbocycles. The topological polar surface area (TPSA) is 124 Å². The average Bonchev–Trinajstić information content (AvgIpc) is 2.78. The maximum atomic E-state index is 11.7. The minimum absolute atomic E-state index is 0.222. The molecule has 0 unspecified atom stereocenters. The summed E-state index contributed by atoms with van der Waals surface area (Å²) in [6.07, 6.45) is 13.0. The van der Waals surface area contributed by atoms with E-state index in [0.717, 1.165) is 39.0 Å². The zero-order valence-electron chi connectivity index (χ0n) is 20.1. The number of hydrogen-bond acceptors (Lipinski definition) is 7. The van der Waals surface area contributed by atoms with Crippen molar-refractivity contribution in [1.29, 1.82) is 0 Å². The van der Waals surface area contributed by atoms with E-state index in [1.807, 2.05) is 0 Å².